The molecule has 0 aromatic heterocycles. The van der Waals surface area contributed by atoms with Gasteiger partial charge in [0.25, 0.3) is 0 Å². The van der Waals surface area contributed by atoms with E-state index in [-0.39, 0.29) is 6.61 Å². The van der Waals surface area contributed by atoms with Crippen molar-refractivity contribution < 1.29 is 49.4 Å². The van der Waals surface area contributed by atoms with Crippen LogP contribution in [0, 0.1) is 0 Å². The van der Waals surface area contributed by atoms with Crippen molar-refractivity contribution in [3.8, 4) is 5.75 Å². The van der Waals surface area contributed by atoms with Crippen LogP contribution in [0.4, 0.5) is 26.3 Å². The monoisotopic (exact) mass is 450 g/mol. The molecular weight excluding hydrogens is 429 g/mol. The van der Waals surface area contributed by atoms with Gasteiger partial charge in [-0.1, -0.05) is 24.3 Å². The molecule has 1 aromatic carbocycles. The van der Waals surface area contributed by atoms with Gasteiger partial charge in [0, 0.05) is 0 Å². The summed E-state index contributed by atoms with van der Waals surface area (Å²) in [5.41, 5.74) is 0.818. The number of halogens is 6. The van der Waals surface area contributed by atoms with Gasteiger partial charge >= 0.3 is 19.9 Å². The van der Waals surface area contributed by atoms with Crippen molar-refractivity contribution in [2.75, 3.05) is 26.5 Å². The number of rotatable bonds is 11. The van der Waals surface area contributed by atoms with E-state index in [0.717, 1.165) is 11.6 Å². The van der Waals surface area contributed by atoms with E-state index >= 15 is 0 Å². The Balaban J connectivity index is 2.60. The van der Waals surface area contributed by atoms with Gasteiger partial charge in [0.2, 0.25) is 0 Å². The standard InChI is InChI=1S/C17H21F6O5P/c1-13(26-10-14-5-7-15(25-2)8-6-14)4-3-9-29(24,27-11-16(18,19)20)28-12-17(21,22)23/h3-8,13H,9-12H2,1-2H3/b4-3+/t13-/m0/s1. The van der Waals surface area contributed by atoms with Gasteiger partial charge in [0.1, 0.15) is 5.75 Å². The molecule has 0 aliphatic rings. The highest BCUT2D eigenvalue weighted by molar-refractivity contribution is 7.54. The Morgan fingerprint density at radius 3 is 1.97 bits per heavy atom. The molecular formula is C17H21F6O5P. The third-order valence-corrected chi connectivity index (χ3v) is 4.96. The third kappa shape index (κ3) is 11.9. The van der Waals surface area contributed by atoms with Crippen LogP contribution < -0.4 is 4.74 Å². The predicted molar refractivity (Wildman–Crippen MR) is 92.9 cm³/mol. The van der Waals surface area contributed by atoms with Crippen molar-refractivity contribution in [1.29, 1.82) is 0 Å². The van der Waals surface area contributed by atoms with E-state index in [9.17, 15) is 30.9 Å². The molecule has 0 N–H and O–H groups in total. The van der Waals surface area contributed by atoms with Gasteiger partial charge in [-0.3, -0.25) is 13.6 Å². The summed E-state index contributed by atoms with van der Waals surface area (Å²) < 4.78 is 104. The van der Waals surface area contributed by atoms with Crippen molar-refractivity contribution in [2.24, 2.45) is 0 Å². The topological polar surface area (TPSA) is 54.0 Å². The molecule has 0 aliphatic heterocycles. The second-order valence-electron chi connectivity index (χ2n) is 5.86. The number of ether oxygens (including phenoxy) is 2. The Morgan fingerprint density at radius 1 is 1.00 bits per heavy atom. The largest absolute Gasteiger partial charge is 0.497 e. The molecule has 0 saturated heterocycles. The quantitative estimate of drug-likeness (QED) is 0.253. The van der Waals surface area contributed by atoms with Crippen molar-refractivity contribution in [2.45, 2.75) is 32.0 Å². The molecule has 12 heteroatoms. The second kappa shape index (κ2) is 11.0. The minimum atomic E-state index is -4.87. The molecule has 0 amide bonds. The number of benzene rings is 1. The SMILES string of the molecule is COc1ccc(CO[C@@H](C)/C=C/CP(=O)(OCC(F)(F)F)OCC(F)(F)F)cc1. The average Bonchev–Trinajstić information content (AvgIpc) is 2.63. The Hall–Kier alpha value is -1.55. The molecule has 1 rings (SSSR count). The summed E-state index contributed by atoms with van der Waals surface area (Å²) in [5.74, 6) is 0.662. The fraction of sp³-hybridized carbons (Fsp3) is 0.529. The highest BCUT2D eigenvalue weighted by Gasteiger charge is 2.37. The molecule has 0 radical (unpaired) electrons. The van der Waals surface area contributed by atoms with Gasteiger partial charge in [-0.25, -0.2) is 0 Å². The molecule has 166 valence electrons. The Bertz CT molecular complexity index is 665. The zero-order valence-electron chi connectivity index (χ0n) is 15.6. The van der Waals surface area contributed by atoms with Gasteiger partial charge < -0.3 is 9.47 Å². The number of hydrogen-bond acceptors (Lipinski definition) is 5. The predicted octanol–water partition coefficient (Wildman–Crippen LogP) is 5.51. The van der Waals surface area contributed by atoms with Crippen LogP contribution in [0.25, 0.3) is 0 Å². The van der Waals surface area contributed by atoms with E-state index < -0.39 is 45.4 Å². The van der Waals surface area contributed by atoms with Crippen LogP contribution in [-0.4, -0.2) is 44.9 Å². The zero-order chi connectivity index (χ0) is 22.1. The first-order valence-electron chi connectivity index (χ1n) is 8.25. The van der Waals surface area contributed by atoms with Crippen LogP contribution in [-0.2, 0) is 25.0 Å². The average molecular weight is 450 g/mol. The summed E-state index contributed by atoms with van der Waals surface area (Å²) in [5, 5.41) is 0. The van der Waals surface area contributed by atoms with E-state index in [1.165, 1.54) is 13.2 Å². The first-order valence-corrected chi connectivity index (χ1v) is 9.97. The maximum absolute atomic E-state index is 12.3. The molecule has 0 fully saturated rings. The molecule has 0 spiro atoms. The summed E-state index contributed by atoms with van der Waals surface area (Å²) in [6, 6.07) is 6.98. The molecule has 1 aromatic rings. The molecule has 0 saturated carbocycles. The molecule has 0 bridgehead atoms. The van der Waals surface area contributed by atoms with Crippen LogP contribution >= 0.6 is 7.60 Å². The Labute approximate surface area is 164 Å². The molecule has 1 atom stereocenters. The van der Waals surface area contributed by atoms with E-state index in [4.69, 9.17) is 9.47 Å². The highest BCUT2D eigenvalue weighted by Crippen LogP contribution is 2.50. The van der Waals surface area contributed by atoms with Crippen LogP contribution in [0.15, 0.2) is 36.4 Å². The summed E-state index contributed by atoms with van der Waals surface area (Å²) in [7, 11) is -3.13. The summed E-state index contributed by atoms with van der Waals surface area (Å²) in [6.45, 7) is -2.18. The van der Waals surface area contributed by atoms with Crippen molar-refractivity contribution in [3.63, 3.8) is 0 Å². The smallest absolute Gasteiger partial charge is 0.412 e. The van der Waals surface area contributed by atoms with Gasteiger partial charge in [0.05, 0.1) is 26.0 Å². The molecule has 5 nitrogen and oxygen atoms in total. The van der Waals surface area contributed by atoms with E-state index in [0.29, 0.717) is 5.75 Å². The maximum atomic E-state index is 12.3. The minimum absolute atomic E-state index is 0.197. The first kappa shape index (κ1) is 25.5. The summed E-state index contributed by atoms with van der Waals surface area (Å²) >= 11 is 0. The molecule has 0 unspecified atom stereocenters. The lowest BCUT2D eigenvalue weighted by atomic mass is 10.2. The van der Waals surface area contributed by atoms with Crippen LogP contribution in [0.1, 0.15) is 12.5 Å². The lowest BCUT2D eigenvalue weighted by molar-refractivity contribution is -0.165. The van der Waals surface area contributed by atoms with Gasteiger partial charge in [-0.05, 0) is 24.6 Å². The normalized spacial score (nSPS) is 14.3. The van der Waals surface area contributed by atoms with Crippen molar-refractivity contribution in [3.05, 3.63) is 42.0 Å². The van der Waals surface area contributed by atoms with E-state index in [1.54, 1.807) is 31.2 Å². The fourth-order valence-electron chi connectivity index (χ4n) is 1.87. The number of alkyl halides is 6. The summed E-state index contributed by atoms with van der Waals surface area (Å²) in [6.07, 6.45) is -8.62. The minimum Gasteiger partial charge on any atom is -0.497 e. The number of hydrogen-bond donors (Lipinski definition) is 0. The fourth-order valence-corrected chi connectivity index (χ4v) is 3.22. The molecule has 29 heavy (non-hydrogen) atoms. The van der Waals surface area contributed by atoms with Crippen LogP contribution in [0.3, 0.4) is 0 Å². The van der Waals surface area contributed by atoms with Crippen molar-refractivity contribution in [1.82, 2.24) is 0 Å². The molecule has 0 heterocycles. The number of methoxy groups -OCH3 is 1. The molecule has 0 aliphatic carbocycles. The Kier molecular flexibility index (Phi) is 9.67. The highest BCUT2D eigenvalue weighted by atomic mass is 31.2. The van der Waals surface area contributed by atoms with Crippen molar-refractivity contribution >= 4 is 7.60 Å². The maximum Gasteiger partial charge on any atom is 0.412 e. The van der Waals surface area contributed by atoms with Gasteiger partial charge in [0.15, 0.2) is 13.2 Å². The number of allylic oxidation sites excluding steroid dienone is 1. The van der Waals surface area contributed by atoms with Crippen LogP contribution in [0.5, 0.6) is 5.75 Å². The Morgan fingerprint density at radius 2 is 1.52 bits per heavy atom. The first-order chi connectivity index (χ1) is 13.3. The lowest BCUT2D eigenvalue weighted by Gasteiger charge is -2.19. The zero-order valence-corrected chi connectivity index (χ0v) is 16.5. The van der Waals surface area contributed by atoms with Gasteiger partial charge in [-0.15, -0.1) is 0 Å². The third-order valence-electron chi connectivity index (χ3n) is 3.26. The lowest BCUT2D eigenvalue weighted by Crippen LogP contribution is -2.20. The van der Waals surface area contributed by atoms with E-state index in [2.05, 4.69) is 9.05 Å². The van der Waals surface area contributed by atoms with Crippen LogP contribution in [0.2, 0.25) is 0 Å². The summed E-state index contributed by atoms with van der Waals surface area (Å²) in [4.78, 5) is 0. The second-order valence-corrected chi connectivity index (χ2v) is 7.97. The van der Waals surface area contributed by atoms with Gasteiger partial charge in [-0.2, -0.15) is 26.3 Å². The van der Waals surface area contributed by atoms with E-state index in [1.807, 2.05) is 0 Å².